The first kappa shape index (κ1) is 19.8. The van der Waals surface area contributed by atoms with Gasteiger partial charge in [0.05, 0.1) is 11.1 Å². The Bertz CT molecular complexity index is 925. The van der Waals surface area contributed by atoms with Crippen molar-refractivity contribution in [3.63, 3.8) is 0 Å². The number of carbonyl (C=O) groups is 2. The fourth-order valence-electron chi connectivity index (χ4n) is 4.96. The Morgan fingerprint density at radius 2 is 1.28 bits per heavy atom. The lowest BCUT2D eigenvalue weighted by molar-refractivity contribution is 0.0616. The number of aryl methyl sites for hydroxylation is 4. The maximum Gasteiger partial charge on any atom is 0.257 e. The summed E-state index contributed by atoms with van der Waals surface area (Å²) < 4.78 is 11.1. The summed E-state index contributed by atoms with van der Waals surface area (Å²) in [6, 6.07) is 3.67. The highest BCUT2D eigenvalue weighted by Crippen LogP contribution is 2.33. The van der Waals surface area contributed by atoms with E-state index in [0.29, 0.717) is 34.5 Å². The number of rotatable bonds is 3. The second-order valence-corrected chi connectivity index (χ2v) is 8.61. The van der Waals surface area contributed by atoms with Gasteiger partial charge >= 0.3 is 0 Å². The Balaban J connectivity index is 1.40. The van der Waals surface area contributed by atoms with Crippen molar-refractivity contribution in [2.24, 2.45) is 11.8 Å². The molecule has 0 saturated carbocycles. The van der Waals surface area contributed by atoms with Crippen LogP contribution in [0.25, 0.3) is 0 Å². The van der Waals surface area contributed by atoms with E-state index >= 15 is 0 Å². The molecule has 0 radical (unpaired) electrons. The van der Waals surface area contributed by atoms with Gasteiger partial charge in [0, 0.05) is 26.2 Å². The van der Waals surface area contributed by atoms with Gasteiger partial charge in [0.15, 0.2) is 0 Å². The van der Waals surface area contributed by atoms with Crippen LogP contribution >= 0.6 is 0 Å². The first-order valence-electron chi connectivity index (χ1n) is 10.6. The molecular formula is C23H30N2O4. The summed E-state index contributed by atoms with van der Waals surface area (Å²) in [5.74, 6) is 3.94. The average Bonchev–Trinajstić information content (AvgIpc) is 3.39. The molecule has 4 rings (SSSR count). The van der Waals surface area contributed by atoms with Gasteiger partial charge in [-0.15, -0.1) is 0 Å². The minimum Gasteiger partial charge on any atom is -0.466 e. The maximum atomic E-state index is 13.0. The predicted molar refractivity (Wildman–Crippen MR) is 109 cm³/mol. The zero-order valence-electron chi connectivity index (χ0n) is 17.8. The molecule has 2 aromatic rings. The van der Waals surface area contributed by atoms with Gasteiger partial charge in [0.25, 0.3) is 11.8 Å². The molecule has 6 heteroatoms. The number of piperidine rings is 1. The first-order chi connectivity index (χ1) is 13.8. The number of carbonyl (C=O) groups excluding carboxylic acids is 2. The minimum absolute atomic E-state index is 0.0649. The van der Waals surface area contributed by atoms with Crippen LogP contribution in [0.1, 0.15) is 63.0 Å². The average molecular weight is 399 g/mol. The van der Waals surface area contributed by atoms with Crippen LogP contribution in [0.15, 0.2) is 21.0 Å². The monoisotopic (exact) mass is 398 g/mol. The molecule has 4 heterocycles. The summed E-state index contributed by atoms with van der Waals surface area (Å²) in [6.45, 7) is 10.5. The topological polar surface area (TPSA) is 66.9 Å². The van der Waals surface area contributed by atoms with E-state index in [4.69, 9.17) is 8.83 Å². The summed E-state index contributed by atoms with van der Waals surface area (Å²) >= 11 is 0. The number of nitrogens with zero attached hydrogens (tertiary/aromatic N) is 2. The van der Waals surface area contributed by atoms with Crippen LogP contribution in [0.2, 0.25) is 0 Å². The normalized spacial score (nSPS) is 22.3. The molecule has 0 aromatic carbocycles. The fourth-order valence-corrected chi connectivity index (χ4v) is 4.96. The summed E-state index contributed by atoms with van der Waals surface area (Å²) in [5, 5.41) is 0. The van der Waals surface area contributed by atoms with Gasteiger partial charge in [-0.25, -0.2) is 0 Å². The van der Waals surface area contributed by atoms with E-state index in [9.17, 15) is 9.59 Å². The number of hydrogen-bond acceptors (Lipinski definition) is 4. The Labute approximate surface area is 171 Å². The van der Waals surface area contributed by atoms with Crippen molar-refractivity contribution in [3.05, 3.63) is 46.3 Å². The first-order valence-corrected chi connectivity index (χ1v) is 10.6. The molecule has 156 valence electrons. The van der Waals surface area contributed by atoms with Crippen LogP contribution in [-0.2, 0) is 0 Å². The van der Waals surface area contributed by atoms with Gasteiger partial charge in [0.2, 0.25) is 0 Å². The van der Waals surface area contributed by atoms with E-state index in [0.717, 1.165) is 57.0 Å². The Morgan fingerprint density at radius 1 is 0.793 bits per heavy atom. The largest absolute Gasteiger partial charge is 0.466 e. The van der Waals surface area contributed by atoms with Crippen molar-refractivity contribution in [1.29, 1.82) is 0 Å². The van der Waals surface area contributed by atoms with Gasteiger partial charge in [-0.2, -0.15) is 0 Å². The maximum absolute atomic E-state index is 13.0. The molecule has 0 N–H and O–H groups in total. The molecule has 2 amide bonds. The van der Waals surface area contributed by atoms with Crippen LogP contribution in [-0.4, -0.2) is 47.8 Å². The third-order valence-corrected chi connectivity index (χ3v) is 6.47. The number of hydrogen-bond donors (Lipinski definition) is 0. The molecule has 0 spiro atoms. The lowest BCUT2D eigenvalue weighted by atomic mass is 9.84. The molecule has 2 saturated heterocycles. The van der Waals surface area contributed by atoms with Crippen molar-refractivity contribution in [2.75, 3.05) is 26.2 Å². The zero-order valence-corrected chi connectivity index (χ0v) is 17.8. The van der Waals surface area contributed by atoms with E-state index in [-0.39, 0.29) is 11.8 Å². The van der Waals surface area contributed by atoms with Crippen LogP contribution in [0.4, 0.5) is 0 Å². The highest BCUT2D eigenvalue weighted by atomic mass is 16.3. The Kier molecular flexibility index (Phi) is 5.28. The predicted octanol–water partition coefficient (Wildman–Crippen LogP) is 4.12. The second-order valence-electron chi connectivity index (χ2n) is 8.61. The number of likely N-dealkylation sites (tertiary alicyclic amines) is 2. The number of furan rings is 2. The molecular weight excluding hydrogens is 368 g/mol. The SMILES string of the molecule is Cc1cc(C(=O)N2CCCC(C3CCN(C(=O)c4cc(C)oc4C)C3)C2)c(C)o1. The number of amides is 2. The van der Waals surface area contributed by atoms with Gasteiger partial charge in [-0.1, -0.05) is 0 Å². The lowest BCUT2D eigenvalue weighted by Gasteiger charge is -2.35. The van der Waals surface area contributed by atoms with Crippen molar-refractivity contribution >= 4 is 11.8 Å². The van der Waals surface area contributed by atoms with Gasteiger partial charge in [-0.3, -0.25) is 9.59 Å². The molecule has 2 aliphatic heterocycles. The summed E-state index contributed by atoms with van der Waals surface area (Å²) in [6.07, 6.45) is 3.12. The second kappa shape index (κ2) is 7.73. The Morgan fingerprint density at radius 3 is 1.76 bits per heavy atom. The van der Waals surface area contributed by atoms with E-state index in [1.165, 1.54) is 0 Å². The molecule has 0 aliphatic carbocycles. The van der Waals surface area contributed by atoms with E-state index < -0.39 is 0 Å². The van der Waals surface area contributed by atoms with Gasteiger partial charge in [0.1, 0.15) is 23.0 Å². The van der Waals surface area contributed by atoms with E-state index in [1.54, 1.807) is 0 Å². The summed E-state index contributed by atoms with van der Waals surface area (Å²) in [4.78, 5) is 29.8. The van der Waals surface area contributed by atoms with Crippen molar-refractivity contribution in [3.8, 4) is 0 Å². The van der Waals surface area contributed by atoms with Crippen molar-refractivity contribution in [1.82, 2.24) is 9.80 Å². The molecule has 29 heavy (non-hydrogen) atoms. The quantitative estimate of drug-likeness (QED) is 0.780. The van der Waals surface area contributed by atoms with Crippen LogP contribution in [0.3, 0.4) is 0 Å². The van der Waals surface area contributed by atoms with Crippen molar-refractivity contribution in [2.45, 2.75) is 47.0 Å². The van der Waals surface area contributed by atoms with E-state index in [2.05, 4.69) is 0 Å². The van der Waals surface area contributed by atoms with Crippen LogP contribution in [0.5, 0.6) is 0 Å². The molecule has 2 atom stereocenters. The van der Waals surface area contributed by atoms with Gasteiger partial charge < -0.3 is 18.6 Å². The van der Waals surface area contributed by atoms with Crippen LogP contribution in [0, 0.1) is 39.5 Å². The fraction of sp³-hybridized carbons (Fsp3) is 0.565. The highest BCUT2D eigenvalue weighted by Gasteiger charge is 2.36. The molecule has 0 bridgehead atoms. The molecule has 2 aliphatic rings. The smallest absolute Gasteiger partial charge is 0.257 e. The summed E-state index contributed by atoms with van der Waals surface area (Å²) in [7, 11) is 0. The molecule has 2 unspecified atom stereocenters. The standard InChI is InChI=1S/C23H30N2O4/c1-14-10-20(16(3)28-14)22(26)24-8-5-6-18(12-24)19-7-9-25(13-19)23(27)21-11-15(2)29-17(21)4/h10-11,18-19H,5-9,12-13H2,1-4H3. The molecule has 2 fully saturated rings. The highest BCUT2D eigenvalue weighted by molar-refractivity contribution is 5.96. The molecule has 2 aromatic heterocycles. The third kappa shape index (κ3) is 3.85. The van der Waals surface area contributed by atoms with E-state index in [1.807, 2.05) is 49.6 Å². The zero-order chi connectivity index (χ0) is 20.7. The third-order valence-electron chi connectivity index (χ3n) is 6.47. The van der Waals surface area contributed by atoms with Crippen LogP contribution < -0.4 is 0 Å². The lowest BCUT2D eigenvalue weighted by Crippen LogP contribution is -2.42. The summed E-state index contributed by atoms with van der Waals surface area (Å²) in [5.41, 5.74) is 1.35. The molecule has 6 nitrogen and oxygen atoms in total. The minimum atomic E-state index is 0.0649. The Hall–Kier alpha value is -2.50. The van der Waals surface area contributed by atoms with Gasteiger partial charge in [-0.05, 0) is 70.9 Å². The van der Waals surface area contributed by atoms with Crippen molar-refractivity contribution < 1.29 is 18.4 Å².